The van der Waals surface area contributed by atoms with Crippen LogP contribution in [0.5, 0.6) is 0 Å². The first-order valence-electron chi connectivity index (χ1n) is 8.44. The summed E-state index contributed by atoms with van der Waals surface area (Å²) in [5, 5.41) is 11.7. The molecule has 2 rings (SSSR count). The van der Waals surface area contributed by atoms with E-state index in [9.17, 15) is 18.0 Å². The van der Waals surface area contributed by atoms with Gasteiger partial charge in [-0.3, -0.25) is 4.79 Å². The Morgan fingerprint density at radius 3 is 2.60 bits per heavy atom. The molecule has 0 radical (unpaired) electrons. The van der Waals surface area contributed by atoms with Crippen molar-refractivity contribution < 1.29 is 23.1 Å². The van der Waals surface area contributed by atoms with E-state index >= 15 is 0 Å². The third-order valence-corrected chi connectivity index (χ3v) is 6.21. The molecule has 1 aliphatic rings. The van der Waals surface area contributed by atoms with E-state index in [0.717, 1.165) is 0 Å². The number of benzene rings is 1. The van der Waals surface area contributed by atoms with Crippen LogP contribution in [-0.2, 0) is 19.6 Å². The van der Waals surface area contributed by atoms with Gasteiger partial charge in [-0.2, -0.15) is 4.31 Å². The number of piperidine rings is 1. The van der Waals surface area contributed by atoms with Gasteiger partial charge >= 0.3 is 5.97 Å². The highest BCUT2D eigenvalue weighted by Gasteiger charge is 2.34. The van der Waals surface area contributed by atoms with Crippen molar-refractivity contribution in [2.45, 2.75) is 43.5 Å². The summed E-state index contributed by atoms with van der Waals surface area (Å²) in [5.74, 6) is -2.00. The average molecular weight is 368 g/mol. The molecule has 1 amide bonds. The summed E-state index contributed by atoms with van der Waals surface area (Å²) in [4.78, 5) is 23.8. The van der Waals surface area contributed by atoms with Crippen LogP contribution in [0.2, 0.25) is 0 Å². The molecule has 2 atom stereocenters. The molecule has 2 N–H and O–H groups in total. The van der Waals surface area contributed by atoms with Gasteiger partial charge in [0.2, 0.25) is 15.9 Å². The molecule has 2 unspecified atom stereocenters. The zero-order valence-electron chi connectivity index (χ0n) is 14.2. The predicted octanol–water partition coefficient (Wildman–Crippen LogP) is 1.46. The lowest BCUT2D eigenvalue weighted by molar-refractivity contribution is -0.142. The summed E-state index contributed by atoms with van der Waals surface area (Å²) in [6, 6.07) is 7.18. The Morgan fingerprint density at radius 1 is 1.32 bits per heavy atom. The van der Waals surface area contributed by atoms with Crippen LogP contribution < -0.4 is 5.32 Å². The van der Waals surface area contributed by atoms with Gasteiger partial charge in [0.05, 0.1) is 10.8 Å². The van der Waals surface area contributed by atoms with Crippen molar-refractivity contribution >= 4 is 21.9 Å². The minimum absolute atomic E-state index is 0.0710. The lowest BCUT2D eigenvalue weighted by Crippen LogP contribution is -2.49. The molecule has 1 aromatic rings. The van der Waals surface area contributed by atoms with Gasteiger partial charge < -0.3 is 10.4 Å². The summed E-state index contributed by atoms with van der Waals surface area (Å²) < 4.78 is 26.7. The van der Waals surface area contributed by atoms with Gasteiger partial charge in [0, 0.05) is 13.1 Å². The van der Waals surface area contributed by atoms with E-state index in [1.54, 1.807) is 18.2 Å². The van der Waals surface area contributed by atoms with Gasteiger partial charge in [-0.1, -0.05) is 31.5 Å². The number of sulfonamides is 1. The fourth-order valence-corrected chi connectivity index (χ4v) is 4.50. The molecule has 7 nitrogen and oxygen atoms in total. The number of rotatable bonds is 7. The molecule has 1 heterocycles. The first kappa shape index (κ1) is 19.4. The number of hydrogen-bond donors (Lipinski definition) is 2. The number of carbonyl (C=O) groups is 2. The van der Waals surface area contributed by atoms with Crippen molar-refractivity contribution in [3.05, 3.63) is 30.3 Å². The Labute approximate surface area is 148 Å². The van der Waals surface area contributed by atoms with Crippen LogP contribution in [0.15, 0.2) is 35.2 Å². The molecule has 1 saturated heterocycles. The second-order valence-corrected chi connectivity index (χ2v) is 8.14. The van der Waals surface area contributed by atoms with Crippen molar-refractivity contribution in [3.63, 3.8) is 0 Å². The number of carboxylic acid groups (broad SMARTS) is 1. The molecule has 1 aliphatic heterocycles. The maximum atomic E-state index is 12.7. The molecule has 0 bridgehead atoms. The lowest BCUT2D eigenvalue weighted by Gasteiger charge is -2.31. The molecule has 0 saturated carbocycles. The standard InChI is InChI=1S/C17H24N2O5S/c1-2-7-15(17(21)22)18-16(20)13-8-6-11-19(12-13)25(23,24)14-9-4-3-5-10-14/h3-5,9-10,13,15H,2,6-8,11-12H2,1H3,(H,18,20)(H,21,22). The van der Waals surface area contributed by atoms with E-state index in [1.165, 1.54) is 16.4 Å². The quantitative estimate of drug-likeness (QED) is 0.758. The van der Waals surface area contributed by atoms with Crippen molar-refractivity contribution in [2.24, 2.45) is 5.92 Å². The predicted molar refractivity (Wildman–Crippen MR) is 92.4 cm³/mol. The summed E-state index contributed by atoms with van der Waals surface area (Å²) >= 11 is 0. The molecule has 25 heavy (non-hydrogen) atoms. The Kier molecular flexibility index (Phi) is 6.55. The largest absolute Gasteiger partial charge is 0.480 e. The molecule has 8 heteroatoms. The number of nitrogens with zero attached hydrogens (tertiary/aromatic N) is 1. The first-order valence-corrected chi connectivity index (χ1v) is 9.88. The van der Waals surface area contributed by atoms with E-state index < -0.39 is 33.9 Å². The number of aliphatic carboxylic acids is 1. The summed E-state index contributed by atoms with van der Waals surface area (Å²) in [5.41, 5.74) is 0. The third kappa shape index (κ3) is 4.79. The molecule has 138 valence electrons. The van der Waals surface area contributed by atoms with E-state index in [2.05, 4.69) is 5.32 Å². The van der Waals surface area contributed by atoms with Gasteiger partial charge in [-0.05, 0) is 31.4 Å². The van der Waals surface area contributed by atoms with Crippen LogP contribution in [0.1, 0.15) is 32.6 Å². The zero-order chi connectivity index (χ0) is 18.4. The minimum atomic E-state index is -3.65. The van der Waals surface area contributed by atoms with E-state index in [4.69, 9.17) is 5.11 Å². The molecular formula is C17H24N2O5S. The van der Waals surface area contributed by atoms with Gasteiger partial charge in [0.15, 0.2) is 0 Å². The van der Waals surface area contributed by atoms with Crippen LogP contribution in [0.3, 0.4) is 0 Å². The molecule has 1 fully saturated rings. The normalized spacial score (nSPS) is 20.0. The number of nitrogens with one attached hydrogen (secondary N) is 1. The lowest BCUT2D eigenvalue weighted by atomic mass is 9.98. The van der Waals surface area contributed by atoms with E-state index in [0.29, 0.717) is 32.2 Å². The zero-order valence-corrected chi connectivity index (χ0v) is 15.0. The smallest absolute Gasteiger partial charge is 0.326 e. The van der Waals surface area contributed by atoms with Gasteiger partial charge in [-0.15, -0.1) is 0 Å². The Balaban J connectivity index is 2.07. The second kappa shape index (κ2) is 8.44. The van der Waals surface area contributed by atoms with Crippen molar-refractivity contribution in [3.8, 4) is 0 Å². The van der Waals surface area contributed by atoms with Gasteiger partial charge in [0.1, 0.15) is 6.04 Å². The van der Waals surface area contributed by atoms with Crippen LogP contribution in [-0.4, -0.2) is 48.8 Å². The fourth-order valence-electron chi connectivity index (χ4n) is 2.95. The maximum absolute atomic E-state index is 12.7. The number of amides is 1. The summed E-state index contributed by atoms with van der Waals surface area (Å²) in [7, 11) is -3.65. The van der Waals surface area contributed by atoms with Gasteiger partial charge in [0.25, 0.3) is 0 Å². The van der Waals surface area contributed by atoms with E-state index in [1.807, 2.05) is 6.92 Å². The SMILES string of the molecule is CCCC(NC(=O)C1CCCN(S(=O)(=O)c2ccccc2)C1)C(=O)O. The van der Waals surface area contributed by atoms with Crippen LogP contribution in [0.25, 0.3) is 0 Å². The number of carboxylic acids is 1. The second-order valence-electron chi connectivity index (χ2n) is 6.20. The Hall–Kier alpha value is -1.93. The Bertz CT molecular complexity index is 705. The topological polar surface area (TPSA) is 104 Å². The minimum Gasteiger partial charge on any atom is -0.480 e. The number of carbonyl (C=O) groups excluding carboxylic acids is 1. The van der Waals surface area contributed by atoms with Crippen LogP contribution in [0.4, 0.5) is 0 Å². The highest BCUT2D eigenvalue weighted by Crippen LogP contribution is 2.24. The molecular weight excluding hydrogens is 344 g/mol. The van der Waals surface area contributed by atoms with Gasteiger partial charge in [-0.25, -0.2) is 13.2 Å². The summed E-state index contributed by atoms with van der Waals surface area (Å²) in [6.45, 7) is 2.27. The monoisotopic (exact) mass is 368 g/mol. The molecule has 0 aliphatic carbocycles. The maximum Gasteiger partial charge on any atom is 0.326 e. The number of hydrogen-bond acceptors (Lipinski definition) is 4. The average Bonchev–Trinajstić information content (AvgIpc) is 2.62. The van der Waals surface area contributed by atoms with Crippen molar-refractivity contribution in [2.75, 3.05) is 13.1 Å². The highest BCUT2D eigenvalue weighted by molar-refractivity contribution is 7.89. The molecule has 0 spiro atoms. The fraction of sp³-hybridized carbons (Fsp3) is 0.529. The summed E-state index contributed by atoms with van der Waals surface area (Å²) in [6.07, 6.45) is 2.09. The molecule has 1 aromatic carbocycles. The van der Waals surface area contributed by atoms with E-state index in [-0.39, 0.29) is 11.4 Å². The van der Waals surface area contributed by atoms with Crippen LogP contribution >= 0.6 is 0 Å². The first-order chi connectivity index (χ1) is 11.9. The Morgan fingerprint density at radius 2 is 2.00 bits per heavy atom. The highest BCUT2D eigenvalue weighted by atomic mass is 32.2. The third-order valence-electron chi connectivity index (χ3n) is 4.33. The van der Waals surface area contributed by atoms with Crippen LogP contribution in [0, 0.1) is 5.92 Å². The molecule has 0 aromatic heterocycles. The van der Waals surface area contributed by atoms with Crippen molar-refractivity contribution in [1.82, 2.24) is 9.62 Å². The van der Waals surface area contributed by atoms with Crippen molar-refractivity contribution in [1.29, 1.82) is 0 Å².